The fourth-order valence-electron chi connectivity index (χ4n) is 1.49. The van der Waals surface area contributed by atoms with Gasteiger partial charge >= 0.3 is 5.97 Å². The van der Waals surface area contributed by atoms with Crippen LogP contribution in [-0.4, -0.2) is 17.6 Å². The summed E-state index contributed by atoms with van der Waals surface area (Å²) in [4.78, 5) is 14.9. The van der Waals surface area contributed by atoms with Gasteiger partial charge in [-0.05, 0) is 24.1 Å². The Labute approximate surface area is 97.8 Å². The first-order valence-electron chi connectivity index (χ1n) is 5.20. The monoisotopic (exact) mass is 244 g/mol. The number of hydrogen-bond acceptors (Lipinski definition) is 4. The summed E-state index contributed by atoms with van der Waals surface area (Å²) >= 11 is 0. The lowest BCUT2D eigenvalue weighted by molar-refractivity contribution is -0.142. The summed E-state index contributed by atoms with van der Waals surface area (Å²) in [6, 6.07) is 1.53. The summed E-state index contributed by atoms with van der Waals surface area (Å²) in [7, 11) is 0. The van der Waals surface area contributed by atoms with Crippen molar-refractivity contribution in [1.82, 2.24) is 4.98 Å². The van der Waals surface area contributed by atoms with Crippen molar-refractivity contribution in [3.8, 4) is 0 Å². The van der Waals surface area contributed by atoms with Crippen molar-refractivity contribution in [3.05, 3.63) is 29.1 Å². The molecule has 0 fully saturated rings. The normalized spacial score (nSPS) is 10.6. The first-order chi connectivity index (χ1) is 8.10. The molecule has 17 heavy (non-hydrogen) atoms. The lowest BCUT2D eigenvalue weighted by Gasteiger charge is -2.11. The number of rotatable bonds is 5. The van der Waals surface area contributed by atoms with Crippen molar-refractivity contribution in [2.24, 2.45) is 5.73 Å². The van der Waals surface area contributed by atoms with Crippen molar-refractivity contribution < 1.29 is 18.3 Å². The molecular formula is C11H14F2N2O2. The molecule has 1 aromatic rings. The third kappa shape index (κ3) is 3.45. The van der Waals surface area contributed by atoms with Crippen LogP contribution in [0.2, 0.25) is 0 Å². The van der Waals surface area contributed by atoms with Crippen molar-refractivity contribution in [2.75, 3.05) is 6.61 Å². The van der Waals surface area contributed by atoms with Gasteiger partial charge in [0.1, 0.15) is 5.69 Å². The molecule has 1 rings (SSSR count). The van der Waals surface area contributed by atoms with E-state index in [2.05, 4.69) is 4.98 Å². The molecule has 0 aliphatic heterocycles. The van der Waals surface area contributed by atoms with Gasteiger partial charge in [-0.15, -0.1) is 0 Å². The van der Waals surface area contributed by atoms with E-state index in [-0.39, 0.29) is 25.1 Å². The second-order valence-corrected chi connectivity index (χ2v) is 3.32. The zero-order valence-corrected chi connectivity index (χ0v) is 9.45. The van der Waals surface area contributed by atoms with Crippen molar-refractivity contribution in [2.45, 2.75) is 26.3 Å². The number of carbonyl (C=O) groups is 1. The molecule has 0 aliphatic carbocycles. The number of esters is 1. The minimum Gasteiger partial charge on any atom is -0.466 e. The minimum atomic E-state index is -2.73. The van der Waals surface area contributed by atoms with Crippen LogP contribution in [0.4, 0.5) is 8.78 Å². The molecule has 0 bridgehead atoms. The first-order valence-corrected chi connectivity index (χ1v) is 5.20. The number of aromatic nitrogens is 1. The van der Waals surface area contributed by atoms with Crippen molar-refractivity contribution in [1.29, 1.82) is 0 Å². The molecule has 0 radical (unpaired) electrons. The summed E-state index contributed by atoms with van der Waals surface area (Å²) in [6.45, 7) is 1.94. The van der Waals surface area contributed by atoms with Gasteiger partial charge < -0.3 is 10.5 Å². The average molecular weight is 244 g/mol. The number of halogens is 2. The standard InChI is InChI=1S/C11H14F2N2O2/c1-2-17-9(16)5-8-7(6-14)3-4-15-10(8)11(12)13/h3-4,11H,2,5-6,14H2,1H3. The summed E-state index contributed by atoms with van der Waals surface area (Å²) < 4.78 is 30.2. The fraction of sp³-hybridized carbons (Fsp3) is 0.455. The maximum absolute atomic E-state index is 12.7. The summed E-state index contributed by atoms with van der Waals surface area (Å²) in [5, 5.41) is 0. The Bertz CT molecular complexity index is 397. The lowest BCUT2D eigenvalue weighted by Crippen LogP contribution is -2.14. The minimum absolute atomic E-state index is 0.0803. The summed E-state index contributed by atoms with van der Waals surface area (Å²) in [5.41, 5.74) is 5.70. The van der Waals surface area contributed by atoms with Gasteiger partial charge in [0.25, 0.3) is 6.43 Å². The molecule has 0 unspecified atom stereocenters. The van der Waals surface area contributed by atoms with Crippen LogP contribution >= 0.6 is 0 Å². The van der Waals surface area contributed by atoms with Gasteiger partial charge in [-0.1, -0.05) is 0 Å². The van der Waals surface area contributed by atoms with Gasteiger partial charge in [-0.2, -0.15) is 0 Å². The van der Waals surface area contributed by atoms with Crippen LogP contribution < -0.4 is 5.73 Å². The van der Waals surface area contributed by atoms with Gasteiger partial charge in [0.05, 0.1) is 13.0 Å². The lowest BCUT2D eigenvalue weighted by atomic mass is 10.0. The van der Waals surface area contributed by atoms with E-state index in [1.54, 1.807) is 6.92 Å². The van der Waals surface area contributed by atoms with Crippen LogP contribution in [0.3, 0.4) is 0 Å². The molecule has 1 aromatic heterocycles. The fourth-order valence-corrected chi connectivity index (χ4v) is 1.49. The molecular weight excluding hydrogens is 230 g/mol. The predicted octanol–water partition coefficient (Wildman–Crippen LogP) is 1.58. The highest BCUT2D eigenvalue weighted by Crippen LogP contribution is 2.23. The predicted molar refractivity (Wildman–Crippen MR) is 57.4 cm³/mol. The molecule has 94 valence electrons. The zero-order valence-electron chi connectivity index (χ0n) is 9.45. The molecule has 0 aliphatic rings. The Balaban J connectivity index is 3.04. The third-order valence-corrected chi connectivity index (χ3v) is 2.24. The maximum Gasteiger partial charge on any atom is 0.310 e. The molecule has 2 N–H and O–H groups in total. The first kappa shape index (κ1) is 13.5. The van der Waals surface area contributed by atoms with Crippen LogP contribution in [-0.2, 0) is 22.5 Å². The topological polar surface area (TPSA) is 65.2 Å². The SMILES string of the molecule is CCOC(=O)Cc1c(CN)ccnc1C(F)F. The van der Waals surface area contributed by atoms with E-state index < -0.39 is 18.1 Å². The number of carbonyl (C=O) groups excluding carboxylic acids is 1. The second-order valence-electron chi connectivity index (χ2n) is 3.32. The molecule has 0 aromatic carbocycles. The van der Waals surface area contributed by atoms with E-state index in [1.807, 2.05) is 0 Å². The molecule has 6 heteroatoms. The second kappa shape index (κ2) is 6.24. The van der Waals surface area contributed by atoms with Crippen LogP contribution in [0.15, 0.2) is 12.3 Å². The van der Waals surface area contributed by atoms with E-state index in [0.717, 1.165) is 0 Å². The van der Waals surface area contributed by atoms with E-state index in [0.29, 0.717) is 5.56 Å². The maximum atomic E-state index is 12.7. The number of ether oxygens (including phenoxy) is 1. The zero-order chi connectivity index (χ0) is 12.8. The Hall–Kier alpha value is -1.56. The van der Waals surface area contributed by atoms with Crippen molar-refractivity contribution in [3.63, 3.8) is 0 Å². The molecule has 0 atom stereocenters. The van der Waals surface area contributed by atoms with Gasteiger partial charge in [-0.3, -0.25) is 9.78 Å². The molecule has 0 spiro atoms. The quantitative estimate of drug-likeness (QED) is 0.799. The molecule has 1 heterocycles. The molecule has 4 nitrogen and oxygen atoms in total. The van der Waals surface area contributed by atoms with Gasteiger partial charge in [0.2, 0.25) is 0 Å². The summed E-state index contributed by atoms with van der Waals surface area (Å²) in [5.74, 6) is -0.558. The number of pyridine rings is 1. The highest BCUT2D eigenvalue weighted by Gasteiger charge is 2.19. The third-order valence-electron chi connectivity index (χ3n) is 2.24. The summed E-state index contributed by atoms with van der Waals surface area (Å²) in [6.07, 6.45) is -1.70. The smallest absolute Gasteiger partial charge is 0.310 e. The highest BCUT2D eigenvalue weighted by molar-refractivity contribution is 5.73. The van der Waals surface area contributed by atoms with Crippen LogP contribution in [0.5, 0.6) is 0 Å². The number of alkyl halides is 2. The van der Waals surface area contributed by atoms with Crippen LogP contribution in [0.1, 0.15) is 30.2 Å². The van der Waals surface area contributed by atoms with E-state index in [1.165, 1.54) is 12.3 Å². The highest BCUT2D eigenvalue weighted by atomic mass is 19.3. The Morgan fingerprint density at radius 1 is 1.59 bits per heavy atom. The molecule has 0 saturated carbocycles. The van der Waals surface area contributed by atoms with Gasteiger partial charge in [-0.25, -0.2) is 8.78 Å². The molecule has 0 saturated heterocycles. The van der Waals surface area contributed by atoms with Gasteiger partial charge in [0, 0.05) is 12.7 Å². The Kier molecular flexibility index (Phi) is 4.96. The Morgan fingerprint density at radius 3 is 2.82 bits per heavy atom. The number of nitrogens with zero attached hydrogens (tertiary/aromatic N) is 1. The van der Waals surface area contributed by atoms with Gasteiger partial charge in [0.15, 0.2) is 0 Å². The van der Waals surface area contributed by atoms with E-state index in [4.69, 9.17) is 10.5 Å². The van der Waals surface area contributed by atoms with E-state index in [9.17, 15) is 13.6 Å². The van der Waals surface area contributed by atoms with Crippen molar-refractivity contribution >= 4 is 5.97 Å². The number of hydrogen-bond donors (Lipinski definition) is 1. The number of nitrogens with two attached hydrogens (primary N) is 1. The Morgan fingerprint density at radius 2 is 2.29 bits per heavy atom. The average Bonchev–Trinajstić information content (AvgIpc) is 2.29. The van der Waals surface area contributed by atoms with Crippen LogP contribution in [0, 0.1) is 0 Å². The molecule has 0 amide bonds. The largest absolute Gasteiger partial charge is 0.466 e. The van der Waals surface area contributed by atoms with Crippen LogP contribution in [0.25, 0.3) is 0 Å². The van der Waals surface area contributed by atoms with E-state index >= 15 is 0 Å².